The zero-order chi connectivity index (χ0) is 15.0. The monoisotopic (exact) mass is 292 g/mol. The molecule has 1 aromatic heterocycles. The Morgan fingerprint density at radius 2 is 1.55 bits per heavy atom. The van der Waals surface area contributed by atoms with E-state index in [2.05, 4.69) is 46.5 Å². The van der Waals surface area contributed by atoms with E-state index >= 15 is 0 Å². The summed E-state index contributed by atoms with van der Waals surface area (Å²) < 4.78 is 1.40. The minimum atomic E-state index is 1.14. The van der Waals surface area contributed by atoms with E-state index in [0.717, 1.165) is 13.1 Å². The van der Waals surface area contributed by atoms with Crippen molar-refractivity contribution in [2.75, 3.05) is 38.1 Å². The molecule has 0 N–H and O–H groups in total. The largest absolute Gasteiger partial charge is 0.368 e. The molecule has 0 unspecified atom stereocenters. The predicted octanol–water partition coefficient (Wildman–Crippen LogP) is 4.71. The summed E-state index contributed by atoms with van der Waals surface area (Å²) in [5.74, 6) is 0. The summed E-state index contributed by atoms with van der Waals surface area (Å²) in [5.41, 5.74) is 1.41. The Labute approximate surface area is 128 Å². The molecule has 1 saturated heterocycles. The maximum atomic E-state index is 2.51. The molecule has 0 bridgehead atoms. The van der Waals surface area contributed by atoms with Gasteiger partial charge in [-0.2, -0.15) is 0 Å². The first-order valence-corrected chi connectivity index (χ1v) is 8.62. The third-order valence-corrected chi connectivity index (χ3v) is 4.20. The Kier molecular flexibility index (Phi) is 7.63. The van der Waals surface area contributed by atoms with Crippen molar-refractivity contribution in [3.8, 4) is 0 Å². The molecule has 3 rings (SSSR count). The Balaban J connectivity index is 0.000000461. The summed E-state index contributed by atoms with van der Waals surface area (Å²) in [4.78, 5) is 4.90. The Hall–Kier alpha value is -1.06. The predicted molar refractivity (Wildman–Crippen MR) is 94.2 cm³/mol. The van der Waals surface area contributed by atoms with Crippen molar-refractivity contribution in [2.45, 2.75) is 27.7 Å². The second-order valence-corrected chi connectivity index (χ2v) is 5.35. The normalized spacial score (nSPS) is 15.2. The van der Waals surface area contributed by atoms with Gasteiger partial charge < -0.3 is 9.80 Å². The molecular weight excluding hydrogens is 264 g/mol. The van der Waals surface area contributed by atoms with Crippen LogP contribution in [0.1, 0.15) is 27.7 Å². The number of anilines is 1. The molecule has 112 valence electrons. The molecule has 0 atom stereocenters. The summed E-state index contributed by atoms with van der Waals surface area (Å²) in [7, 11) is 2.20. The van der Waals surface area contributed by atoms with Crippen molar-refractivity contribution in [3.63, 3.8) is 0 Å². The van der Waals surface area contributed by atoms with Gasteiger partial charge in [-0.25, -0.2) is 0 Å². The highest BCUT2D eigenvalue weighted by Gasteiger charge is 2.16. The van der Waals surface area contributed by atoms with Crippen molar-refractivity contribution in [1.82, 2.24) is 4.90 Å². The first-order valence-electron chi connectivity index (χ1n) is 7.74. The van der Waals surface area contributed by atoms with E-state index in [0.29, 0.717) is 0 Å². The maximum absolute atomic E-state index is 2.51. The van der Waals surface area contributed by atoms with Gasteiger partial charge in [-0.3, -0.25) is 0 Å². The molecule has 1 aliphatic heterocycles. The summed E-state index contributed by atoms with van der Waals surface area (Å²) >= 11 is 1.83. The molecule has 0 saturated carbocycles. The van der Waals surface area contributed by atoms with E-state index in [1.54, 1.807) is 0 Å². The first kappa shape index (κ1) is 17.0. The Bertz CT molecular complexity index is 484. The standard InChI is InChI=1S/C13H16N2S.2C2H6/c1-14-6-8-15(9-7-14)12-3-2-4-13-11(12)5-10-16-13;2*1-2/h2-5,10H,6-9H2,1H3;2*1-2H3. The number of fused-ring (bicyclic) bond motifs is 1. The molecule has 1 aliphatic rings. The van der Waals surface area contributed by atoms with Crippen LogP contribution in [0.4, 0.5) is 5.69 Å². The van der Waals surface area contributed by atoms with Crippen LogP contribution < -0.4 is 4.90 Å². The van der Waals surface area contributed by atoms with Gasteiger partial charge >= 0.3 is 0 Å². The highest BCUT2D eigenvalue weighted by molar-refractivity contribution is 7.17. The number of nitrogens with zero attached hydrogens (tertiary/aromatic N) is 2. The summed E-state index contributed by atoms with van der Waals surface area (Å²) in [6, 6.07) is 8.88. The smallest absolute Gasteiger partial charge is 0.0455 e. The average molecular weight is 292 g/mol. The maximum Gasteiger partial charge on any atom is 0.0455 e. The Morgan fingerprint density at radius 1 is 0.900 bits per heavy atom. The van der Waals surface area contributed by atoms with E-state index in [9.17, 15) is 0 Å². The topological polar surface area (TPSA) is 6.48 Å². The summed E-state index contributed by atoms with van der Waals surface area (Å²) in [6.45, 7) is 12.6. The van der Waals surface area contributed by atoms with Crippen LogP contribution in [-0.2, 0) is 0 Å². The van der Waals surface area contributed by atoms with Crippen LogP contribution >= 0.6 is 11.3 Å². The van der Waals surface area contributed by atoms with Gasteiger partial charge in [0.05, 0.1) is 0 Å². The number of thiophene rings is 1. The number of likely N-dealkylation sites (N-methyl/N-ethyl adjacent to an activating group) is 1. The van der Waals surface area contributed by atoms with E-state index in [-0.39, 0.29) is 0 Å². The minimum absolute atomic E-state index is 1.14. The van der Waals surface area contributed by atoms with E-state index < -0.39 is 0 Å². The third kappa shape index (κ3) is 3.97. The van der Waals surface area contributed by atoms with Gasteiger partial charge in [-0.15, -0.1) is 11.3 Å². The molecule has 2 nitrogen and oxygen atoms in total. The van der Waals surface area contributed by atoms with E-state index in [1.165, 1.54) is 28.9 Å². The summed E-state index contributed by atoms with van der Waals surface area (Å²) in [5, 5.41) is 3.60. The van der Waals surface area contributed by atoms with Gasteiger partial charge in [-0.1, -0.05) is 33.8 Å². The van der Waals surface area contributed by atoms with Gasteiger partial charge in [-0.05, 0) is 30.6 Å². The molecule has 2 aromatic rings. The van der Waals surface area contributed by atoms with Gasteiger partial charge in [0.15, 0.2) is 0 Å². The fraction of sp³-hybridized carbons (Fsp3) is 0.529. The molecule has 1 fully saturated rings. The summed E-state index contributed by atoms with van der Waals surface area (Å²) in [6.07, 6.45) is 0. The van der Waals surface area contributed by atoms with Crippen LogP contribution in [0.15, 0.2) is 29.6 Å². The van der Waals surface area contributed by atoms with Gasteiger partial charge in [0.25, 0.3) is 0 Å². The molecule has 1 aromatic carbocycles. The zero-order valence-electron chi connectivity index (χ0n) is 13.5. The lowest BCUT2D eigenvalue weighted by molar-refractivity contribution is 0.313. The molecular formula is C17H28N2S. The van der Waals surface area contributed by atoms with Crippen LogP contribution in [0.5, 0.6) is 0 Å². The van der Waals surface area contributed by atoms with Crippen molar-refractivity contribution >= 4 is 27.1 Å². The van der Waals surface area contributed by atoms with Crippen LogP contribution in [0.3, 0.4) is 0 Å². The van der Waals surface area contributed by atoms with Crippen LogP contribution in [0, 0.1) is 0 Å². The van der Waals surface area contributed by atoms with E-state index in [1.807, 2.05) is 39.0 Å². The van der Waals surface area contributed by atoms with Crippen molar-refractivity contribution in [2.24, 2.45) is 0 Å². The lowest BCUT2D eigenvalue weighted by atomic mass is 10.2. The zero-order valence-corrected chi connectivity index (χ0v) is 14.3. The lowest BCUT2D eigenvalue weighted by Crippen LogP contribution is -2.44. The molecule has 2 heterocycles. The van der Waals surface area contributed by atoms with Gasteiger partial charge in [0.1, 0.15) is 0 Å². The second kappa shape index (κ2) is 8.98. The number of rotatable bonds is 1. The fourth-order valence-corrected chi connectivity index (χ4v) is 3.11. The minimum Gasteiger partial charge on any atom is -0.368 e. The molecule has 0 radical (unpaired) electrons. The Morgan fingerprint density at radius 3 is 2.20 bits per heavy atom. The molecule has 0 spiro atoms. The van der Waals surface area contributed by atoms with E-state index in [4.69, 9.17) is 0 Å². The number of hydrogen-bond donors (Lipinski definition) is 0. The molecule has 20 heavy (non-hydrogen) atoms. The number of benzene rings is 1. The number of piperazine rings is 1. The van der Waals surface area contributed by atoms with Crippen LogP contribution in [-0.4, -0.2) is 38.1 Å². The molecule has 3 heteroatoms. The first-order chi connectivity index (χ1) is 9.84. The highest BCUT2D eigenvalue weighted by atomic mass is 32.1. The van der Waals surface area contributed by atoms with Crippen molar-refractivity contribution < 1.29 is 0 Å². The van der Waals surface area contributed by atoms with Crippen LogP contribution in [0.2, 0.25) is 0 Å². The quantitative estimate of drug-likeness (QED) is 0.751. The van der Waals surface area contributed by atoms with Crippen molar-refractivity contribution in [3.05, 3.63) is 29.6 Å². The second-order valence-electron chi connectivity index (χ2n) is 4.40. The highest BCUT2D eigenvalue weighted by Crippen LogP contribution is 2.30. The lowest BCUT2D eigenvalue weighted by Gasteiger charge is -2.34. The average Bonchev–Trinajstić information content (AvgIpc) is 3.01. The molecule has 0 amide bonds. The SMILES string of the molecule is CC.CC.CN1CCN(c2cccc3sccc23)CC1. The number of hydrogen-bond acceptors (Lipinski definition) is 3. The van der Waals surface area contributed by atoms with Gasteiger partial charge in [0, 0.05) is 42.0 Å². The van der Waals surface area contributed by atoms with Crippen LogP contribution in [0.25, 0.3) is 10.1 Å². The van der Waals surface area contributed by atoms with Crippen molar-refractivity contribution in [1.29, 1.82) is 0 Å². The van der Waals surface area contributed by atoms with Gasteiger partial charge in [0.2, 0.25) is 0 Å². The molecule has 0 aliphatic carbocycles. The third-order valence-electron chi connectivity index (χ3n) is 3.32. The fourth-order valence-electron chi connectivity index (χ4n) is 2.30.